The van der Waals surface area contributed by atoms with Crippen molar-refractivity contribution in [3.05, 3.63) is 16.3 Å². The fourth-order valence-electron chi connectivity index (χ4n) is 1.52. The van der Waals surface area contributed by atoms with Crippen molar-refractivity contribution in [2.75, 3.05) is 26.8 Å². The van der Waals surface area contributed by atoms with Crippen LogP contribution in [0.4, 0.5) is 0 Å². The maximum Gasteiger partial charge on any atom is 0.347 e. The van der Waals surface area contributed by atoms with Gasteiger partial charge in [-0.1, -0.05) is 0 Å². The molecule has 0 aliphatic carbocycles. The number of methoxy groups -OCH3 is 1. The van der Waals surface area contributed by atoms with E-state index in [1.165, 1.54) is 18.6 Å². The second-order valence-electron chi connectivity index (χ2n) is 3.72. The molecular weight excluding hydrogens is 304 g/mol. The lowest BCUT2D eigenvalue weighted by Gasteiger charge is -2.20. The van der Waals surface area contributed by atoms with E-state index in [0.29, 0.717) is 0 Å². The number of carboxylic acids is 1. The van der Waals surface area contributed by atoms with Crippen molar-refractivity contribution in [3.63, 3.8) is 0 Å². The molecule has 0 spiro atoms. The molecule has 9 heteroatoms. The number of nitriles is 1. The van der Waals surface area contributed by atoms with Crippen molar-refractivity contribution in [1.82, 2.24) is 4.31 Å². The molecule has 0 aliphatic rings. The molecule has 20 heavy (non-hydrogen) atoms. The highest BCUT2D eigenvalue weighted by atomic mass is 32.2. The summed E-state index contributed by atoms with van der Waals surface area (Å²) in [7, 11) is -2.51. The van der Waals surface area contributed by atoms with Crippen LogP contribution in [0.5, 0.6) is 0 Å². The highest BCUT2D eigenvalue weighted by Gasteiger charge is 2.29. The number of nitrogens with zero attached hydrogens (tertiary/aromatic N) is 2. The lowest BCUT2D eigenvalue weighted by Crippen LogP contribution is -2.35. The standard InChI is InChI=1S/C11H14N2O5S2/c1-18-7-6-13(5-2-4-12)20(16,17)9-3-8-19-10(9)11(14)15/h3,8H,2,5-7H2,1H3,(H,14,15). The summed E-state index contributed by atoms with van der Waals surface area (Å²) in [5, 5.41) is 19.0. The highest BCUT2D eigenvalue weighted by Crippen LogP contribution is 2.25. The Hall–Kier alpha value is -1.47. The van der Waals surface area contributed by atoms with Crippen LogP contribution >= 0.6 is 11.3 Å². The second-order valence-corrected chi connectivity index (χ2v) is 6.55. The van der Waals surface area contributed by atoms with E-state index in [9.17, 15) is 13.2 Å². The van der Waals surface area contributed by atoms with Gasteiger partial charge in [0, 0.05) is 26.6 Å². The van der Waals surface area contributed by atoms with Crippen molar-refractivity contribution in [2.45, 2.75) is 11.3 Å². The molecule has 0 aromatic carbocycles. The van der Waals surface area contributed by atoms with Gasteiger partial charge in [0.2, 0.25) is 10.0 Å². The van der Waals surface area contributed by atoms with Crippen molar-refractivity contribution in [3.8, 4) is 6.07 Å². The Balaban J connectivity index is 3.11. The van der Waals surface area contributed by atoms with Crippen molar-refractivity contribution < 1.29 is 23.1 Å². The largest absolute Gasteiger partial charge is 0.477 e. The quantitative estimate of drug-likeness (QED) is 0.766. The molecule has 1 N–H and O–H groups in total. The minimum Gasteiger partial charge on any atom is -0.477 e. The molecule has 0 radical (unpaired) electrons. The second kappa shape index (κ2) is 7.35. The Morgan fingerprint density at radius 3 is 2.80 bits per heavy atom. The lowest BCUT2D eigenvalue weighted by atomic mass is 10.4. The van der Waals surface area contributed by atoms with Gasteiger partial charge in [-0.05, 0) is 11.4 Å². The third-order valence-corrected chi connectivity index (χ3v) is 5.43. The normalized spacial score (nSPS) is 11.4. The SMILES string of the molecule is COCCN(CCC#N)S(=O)(=O)c1ccsc1C(=O)O. The van der Waals surface area contributed by atoms with E-state index in [-0.39, 0.29) is 35.9 Å². The van der Waals surface area contributed by atoms with E-state index in [4.69, 9.17) is 15.1 Å². The van der Waals surface area contributed by atoms with Crippen LogP contribution in [-0.2, 0) is 14.8 Å². The van der Waals surface area contributed by atoms with Gasteiger partial charge in [0.05, 0.1) is 12.7 Å². The zero-order valence-corrected chi connectivity index (χ0v) is 12.4. The monoisotopic (exact) mass is 318 g/mol. The van der Waals surface area contributed by atoms with Crippen LogP contribution in [0.25, 0.3) is 0 Å². The average molecular weight is 318 g/mol. The summed E-state index contributed by atoms with van der Waals surface area (Å²) in [5.41, 5.74) is 0. The molecule has 0 saturated carbocycles. The predicted octanol–water partition coefficient (Wildman–Crippen LogP) is 0.997. The van der Waals surface area contributed by atoms with E-state index in [0.717, 1.165) is 15.6 Å². The summed E-state index contributed by atoms with van der Waals surface area (Å²) >= 11 is 0.848. The maximum atomic E-state index is 12.4. The van der Waals surface area contributed by atoms with E-state index < -0.39 is 16.0 Å². The number of ether oxygens (including phenoxy) is 1. The Kier molecular flexibility index (Phi) is 6.09. The Labute approximate surface area is 121 Å². The fourth-order valence-corrected chi connectivity index (χ4v) is 4.17. The molecule has 1 aromatic rings. The first-order valence-corrected chi connectivity index (χ1v) is 7.94. The van der Waals surface area contributed by atoms with E-state index >= 15 is 0 Å². The predicted molar refractivity (Wildman–Crippen MR) is 72.1 cm³/mol. The van der Waals surface area contributed by atoms with Gasteiger partial charge >= 0.3 is 5.97 Å². The van der Waals surface area contributed by atoms with Crippen LogP contribution < -0.4 is 0 Å². The van der Waals surface area contributed by atoms with Gasteiger partial charge in [-0.15, -0.1) is 11.3 Å². The average Bonchev–Trinajstić information content (AvgIpc) is 2.88. The molecule has 0 fully saturated rings. The molecular formula is C11H14N2O5S2. The summed E-state index contributed by atoms with van der Waals surface area (Å²) in [4.78, 5) is 10.6. The Morgan fingerprint density at radius 1 is 1.55 bits per heavy atom. The van der Waals surface area contributed by atoms with Gasteiger partial charge < -0.3 is 9.84 Å². The van der Waals surface area contributed by atoms with Crippen LogP contribution in [0.3, 0.4) is 0 Å². The van der Waals surface area contributed by atoms with Crippen molar-refractivity contribution >= 4 is 27.3 Å². The van der Waals surface area contributed by atoms with Gasteiger partial charge in [-0.3, -0.25) is 0 Å². The van der Waals surface area contributed by atoms with E-state index in [1.807, 2.05) is 6.07 Å². The summed E-state index contributed by atoms with van der Waals surface area (Å²) < 4.78 is 30.8. The molecule has 110 valence electrons. The number of hydrogen-bond donors (Lipinski definition) is 1. The first-order valence-electron chi connectivity index (χ1n) is 5.62. The number of sulfonamides is 1. The molecule has 0 saturated heterocycles. The van der Waals surface area contributed by atoms with Crippen LogP contribution in [0.1, 0.15) is 16.1 Å². The number of thiophene rings is 1. The molecule has 1 rings (SSSR count). The smallest absolute Gasteiger partial charge is 0.347 e. The minimum atomic E-state index is -3.95. The van der Waals surface area contributed by atoms with Crippen LogP contribution in [-0.4, -0.2) is 50.6 Å². The number of carboxylic acid groups (broad SMARTS) is 1. The zero-order chi connectivity index (χ0) is 15.2. The summed E-state index contributed by atoms with van der Waals surface area (Å²) in [5.74, 6) is -1.29. The summed E-state index contributed by atoms with van der Waals surface area (Å²) in [6.07, 6.45) is 0.0233. The van der Waals surface area contributed by atoms with Crippen LogP contribution in [0.15, 0.2) is 16.3 Å². The molecule has 7 nitrogen and oxygen atoms in total. The van der Waals surface area contributed by atoms with Gasteiger partial charge in [0.1, 0.15) is 9.77 Å². The van der Waals surface area contributed by atoms with E-state index in [2.05, 4.69) is 0 Å². The van der Waals surface area contributed by atoms with Gasteiger partial charge in [0.15, 0.2) is 0 Å². The highest BCUT2D eigenvalue weighted by molar-refractivity contribution is 7.89. The minimum absolute atomic E-state index is 0.00288. The molecule has 1 heterocycles. The molecule has 0 amide bonds. The molecule has 0 bridgehead atoms. The number of rotatable bonds is 8. The van der Waals surface area contributed by atoms with Crippen molar-refractivity contribution in [1.29, 1.82) is 5.26 Å². The summed E-state index contributed by atoms with van der Waals surface area (Å²) in [6.45, 7) is 0.226. The maximum absolute atomic E-state index is 12.4. The van der Waals surface area contributed by atoms with Crippen LogP contribution in [0.2, 0.25) is 0 Å². The topological polar surface area (TPSA) is 108 Å². The number of hydrogen-bond acceptors (Lipinski definition) is 6. The number of carbonyl (C=O) groups is 1. The molecule has 1 aromatic heterocycles. The van der Waals surface area contributed by atoms with Gasteiger partial charge in [0.25, 0.3) is 0 Å². The Bertz CT molecular complexity index is 603. The third kappa shape index (κ3) is 3.77. The van der Waals surface area contributed by atoms with Gasteiger partial charge in [-0.25, -0.2) is 13.2 Å². The van der Waals surface area contributed by atoms with Crippen molar-refractivity contribution in [2.24, 2.45) is 0 Å². The Morgan fingerprint density at radius 2 is 2.25 bits per heavy atom. The van der Waals surface area contributed by atoms with Crippen LogP contribution in [0, 0.1) is 11.3 Å². The molecule has 0 atom stereocenters. The third-order valence-electron chi connectivity index (χ3n) is 2.46. The number of aromatic carboxylic acids is 1. The lowest BCUT2D eigenvalue weighted by molar-refractivity contribution is 0.0698. The van der Waals surface area contributed by atoms with Gasteiger partial charge in [-0.2, -0.15) is 9.57 Å². The first-order chi connectivity index (χ1) is 9.45. The zero-order valence-electron chi connectivity index (χ0n) is 10.8. The summed E-state index contributed by atoms with van der Waals surface area (Å²) in [6, 6.07) is 3.13. The molecule has 0 aliphatic heterocycles. The van der Waals surface area contributed by atoms with E-state index in [1.54, 1.807) is 0 Å². The molecule has 0 unspecified atom stereocenters. The fraction of sp³-hybridized carbons (Fsp3) is 0.455. The first kappa shape index (κ1) is 16.6.